The molecule has 0 aromatic heterocycles. The first-order valence-electron chi connectivity index (χ1n) is 7.83. The van der Waals surface area contributed by atoms with Crippen molar-refractivity contribution in [3.05, 3.63) is 35.9 Å². The van der Waals surface area contributed by atoms with Gasteiger partial charge in [-0.3, -0.25) is 9.59 Å². The van der Waals surface area contributed by atoms with Gasteiger partial charge in [-0.1, -0.05) is 30.3 Å². The van der Waals surface area contributed by atoms with E-state index in [9.17, 15) is 14.4 Å². The van der Waals surface area contributed by atoms with Gasteiger partial charge >= 0.3 is 5.97 Å². The van der Waals surface area contributed by atoms with E-state index in [1.165, 1.54) is 4.90 Å². The summed E-state index contributed by atoms with van der Waals surface area (Å²) in [5, 5.41) is 9.08. The minimum absolute atomic E-state index is 0. The number of likely N-dealkylation sites (tertiary alicyclic amines) is 1. The second kappa shape index (κ2) is 9.39. The van der Waals surface area contributed by atoms with E-state index in [0.717, 1.165) is 5.56 Å². The number of benzene rings is 1. The second-order valence-corrected chi connectivity index (χ2v) is 5.85. The highest BCUT2D eigenvalue weighted by Crippen LogP contribution is 2.19. The Morgan fingerprint density at radius 3 is 2.50 bits per heavy atom. The molecular weight excluding hydrogens is 332 g/mol. The highest BCUT2D eigenvalue weighted by atomic mass is 35.5. The van der Waals surface area contributed by atoms with Crippen LogP contribution < -0.4 is 5.73 Å². The van der Waals surface area contributed by atoms with Crippen molar-refractivity contribution in [2.75, 3.05) is 6.54 Å². The number of halogens is 1. The van der Waals surface area contributed by atoms with Gasteiger partial charge in [0.05, 0.1) is 6.04 Å². The van der Waals surface area contributed by atoms with E-state index in [-0.39, 0.29) is 36.9 Å². The van der Waals surface area contributed by atoms with E-state index in [1.807, 2.05) is 30.3 Å². The van der Waals surface area contributed by atoms with Crippen molar-refractivity contribution in [2.24, 2.45) is 5.73 Å². The lowest BCUT2D eigenvalue weighted by molar-refractivity contribution is -0.148. The van der Waals surface area contributed by atoms with Gasteiger partial charge in [0.2, 0.25) is 5.91 Å². The van der Waals surface area contributed by atoms with Gasteiger partial charge in [-0.25, -0.2) is 4.79 Å². The van der Waals surface area contributed by atoms with Crippen LogP contribution in [-0.2, 0) is 20.8 Å². The number of ketones is 1. The van der Waals surface area contributed by atoms with Crippen LogP contribution in [0.4, 0.5) is 0 Å². The van der Waals surface area contributed by atoms with E-state index in [1.54, 1.807) is 0 Å². The van der Waals surface area contributed by atoms with Gasteiger partial charge in [0.15, 0.2) is 0 Å². The van der Waals surface area contributed by atoms with Crippen molar-refractivity contribution in [2.45, 2.75) is 44.2 Å². The maximum atomic E-state index is 12.1. The number of nitrogens with two attached hydrogens (primary N) is 1. The predicted octanol–water partition coefficient (Wildman–Crippen LogP) is 1.40. The topological polar surface area (TPSA) is 101 Å². The van der Waals surface area contributed by atoms with Crippen LogP contribution in [0.3, 0.4) is 0 Å². The number of hydrogen-bond acceptors (Lipinski definition) is 4. The van der Waals surface area contributed by atoms with Crippen LogP contribution in [-0.4, -0.2) is 46.3 Å². The van der Waals surface area contributed by atoms with E-state index < -0.39 is 18.1 Å². The van der Waals surface area contributed by atoms with Crippen LogP contribution >= 0.6 is 12.4 Å². The Labute approximate surface area is 147 Å². The number of carbonyl (C=O) groups is 3. The summed E-state index contributed by atoms with van der Waals surface area (Å²) in [4.78, 5) is 36.6. The fourth-order valence-corrected chi connectivity index (χ4v) is 2.86. The third-order valence-electron chi connectivity index (χ3n) is 4.16. The van der Waals surface area contributed by atoms with Crippen molar-refractivity contribution in [1.29, 1.82) is 0 Å². The van der Waals surface area contributed by atoms with Crippen LogP contribution in [0.25, 0.3) is 0 Å². The molecule has 0 radical (unpaired) electrons. The molecule has 1 aliphatic rings. The standard InChI is InChI=1S/C17H22N2O4.ClH/c18-13(11-12-5-2-1-3-6-12)15(20)8-9-16(21)19-10-4-7-14(19)17(22)23;/h1-3,5-6,13-14H,4,7-11,18H2,(H,22,23);1H/t13-,14-;/m0./s1. The molecule has 1 saturated heterocycles. The van der Waals surface area contributed by atoms with Gasteiger partial charge < -0.3 is 15.7 Å². The maximum Gasteiger partial charge on any atom is 0.326 e. The third-order valence-corrected chi connectivity index (χ3v) is 4.16. The van der Waals surface area contributed by atoms with Gasteiger partial charge in [-0.05, 0) is 24.8 Å². The summed E-state index contributed by atoms with van der Waals surface area (Å²) >= 11 is 0. The van der Waals surface area contributed by atoms with Crippen molar-refractivity contribution in [1.82, 2.24) is 4.90 Å². The minimum Gasteiger partial charge on any atom is -0.480 e. The molecule has 132 valence electrons. The van der Waals surface area contributed by atoms with Crippen molar-refractivity contribution in [3.8, 4) is 0 Å². The summed E-state index contributed by atoms with van der Waals surface area (Å²) in [7, 11) is 0. The van der Waals surface area contributed by atoms with Crippen LogP contribution in [0.1, 0.15) is 31.2 Å². The quantitative estimate of drug-likeness (QED) is 0.770. The number of aliphatic carboxylic acids is 1. The summed E-state index contributed by atoms with van der Waals surface area (Å²) in [6, 6.07) is 8.07. The average Bonchev–Trinajstić information content (AvgIpc) is 3.03. The molecule has 1 aromatic carbocycles. The Balaban J connectivity index is 0.00000288. The van der Waals surface area contributed by atoms with Gasteiger partial charge in [-0.2, -0.15) is 0 Å². The fourth-order valence-electron chi connectivity index (χ4n) is 2.86. The Morgan fingerprint density at radius 2 is 1.88 bits per heavy atom. The van der Waals surface area contributed by atoms with Gasteiger partial charge in [0, 0.05) is 19.4 Å². The summed E-state index contributed by atoms with van der Waals surface area (Å²) < 4.78 is 0. The molecule has 2 rings (SSSR count). The summed E-state index contributed by atoms with van der Waals surface area (Å²) in [5.74, 6) is -1.44. The summed E-state index contributed by atoms with van der Waals surface area (Å²) in [5.41, 5.74) is 6.87. The SMILES string of the molecule is Cl.N[C@@H](Cc1ccccc1)C(=O)CCC(=O)N1CCC[C@H]1C(=O)O. The third kappa shape index (κ3) is 5.32. The molecule has 0 unspecified atom stereocenters. The molecule has 0 spiro atoms. The number of carbonyl (C=O) groups excluding carboxylic acids is 2. The highest BCUT2D eigenvalue weighted by Gasteiger charge is 2.33. The highest BCUT2D eigenvalue weighted by molar-refractivity contribution is 5.90. The Hall–Kier alpha value is -1.92. The molecule has 1 fully saturated rings. The lowest BCUT2D eigenvalue weighted by atomic mass is 10.0. The average molecular weight is 355 g/mol. The van der Waals surface area contributed by atoms with Crippen molar-refractivity contribution < 1.29 is 19.5 Å². The molecule has 2 atom stereocenters. The van der Waals surface area contributed by atoms with E-state index in [4.69, 9.17) is 10.8 Å². The Kier molecular flexibility index (Phi) is 7.88. The monoisotopic (exact) mass is 354 g/mol. The fraction of sp³-hybridized carbons (Fsp3) is 0.471. The van der Waals surface area contributed by atoms with Crippen molar-refractivity contribution in [3.63, 3.8) is 0 Å². The van der Waals surface area contributed by atoms with E-state index in [2.05, 4.69) is 0 Å². The Morgan fingerprint density at radius 1 is 1.21 bits per heavy atom. The lowest BCUT2D eigenvalue weighted by Crippen LogP contribution is -2.41. The number of nitrogens with zero attached hydrogens (tertiary/aromatic N) is 1. The van der Waals surface area contributed by atoms with Crippen molar-refractivity contribution >= 4 is 30.1 Å². The van der Waals surface area contributed by atoms with Gasteiger partial charge in [0.25, 0.3) is 0 Å². The number of amides is 1. The lowest BCUT2D eigenvalue weighted by Gasteiger charge is -2.21. The van der Waals surface area contributed by atoms with Crippen LogP contribution in [0.15, 0.2) is 30.3 Å². The molecule has 6 nitrogen and oxygen atoms in total. The summed E-state index contributed by atoms with van der Waals surface area (Å²) in [6.45, 7) is 0.445. The van der Waals surface area contributed by atoms with Crippen LogP contribution in [0.2, 0.25) is 0 Å². The second-order valence-electron chi connectivity index (χ2n) is 5.85. The minimum atomic E-state index is -0.983. The molecule has 3 N–H and O–H groups in total. The van der Waals surface area contributed by atoms with Gasteiger partial charge in [0.1, 0.15) is 11.8 Å². The largest absolute Gasteiger partial charge is 0.480 e. The normalized spacial score (nSPS) is 17.9. The molecule has 7 heteroatoms. The zero-order valence-electron chi connectivity index (χ0n) is 13.4. The molecule has 1 amide bonds. The van der Waals surface area contributed by atoms with Crippen LogP contribution in [0, 0.1) is 0 Å². The number of Topliss-reactive ketones (excluding diaryl/α,β-unsaturated/α-hetero) is 1. The number of carboxylic acids is 1. The first kappa shape index (κ1) is 20.1. The predicted molar refractivity (Wildman–Crippen MR) is 92.0 cm³/mol. The molecule has 1 aromatic rings. The molecule has 24 heavy (non-hydrogen) atoms. The van der Waals surface area contributed by atoms with E-state index >= 15 is 0 Å². The number of carboxylic acid groups (broad SMARTS) is 1. The maximum absolute atomic E-state index is 12.1. The Bertz CT molecular complexity index is 579. The molecule has 0 bridgehead atoms. The first-order valence-corrected chi connectivity index (χ1v) is 7.83. The first-order chi connectivity index (χ1) is 11.0. The molecular formula is C17H23ClN2O4. The molecule has 1 aliphatic heterocycles. The molecule has 1 heterocycles. The zero-order chi connectivity index (χ0) is 16.8. The van der Waals surface area contributed by atoms with Gasteiger partial charge in [-0.15, -0.1) is 12.4 Å². The number of rotatable bonds is 7. The van der Waals surface area contributed by atoms with E-state index in [0.29, 0.717) is 25.8 Å². The number of hydrogen-bond donors (Lipinski definition) is 2. The molecule has 0 aliphatic carbocycles. The summed E-state index contributed by atoms with van der Waals surface area (Å²) in [6.07, 6.45) is 1.67. The smallest absolute Gasteiger partial charge is 0.326 e. The zero-order valence-corrected chi connectivity index (χ0v) is 14.2. The molecule has 0 saturated carbocycles. The van der Waals surface area contributed by atoms with Crippen LogP contribution in [0.5, 0.6) is 0 Å².